The summed E-state index contributed by atoms with van der Waals surface area (Å²) >= 11 is 0. The Balaban J connectivity index is 1.87. The Labute approximate surface area is 156 Å². The SMILES string of the molecule is COc1cc(NC(=O)COC(=O)COc2ccccc2)cc(OC)c1OC. The quantitative estimate of drug-likeness (QED) is 0.672. The summed E-state index contributed by atoms with van der Waals surface area (Å²) in [6.45, 7) is -0.741. The molecule has 0 atom stereocenters. The van der Waals surface area contributed by atoms with Gasteiger partial charge in [0.05, 0.1) is 21.3 Å². The lowest BCUT2D eigenvalue weighted by atomic mass is 10.2. The van der Waals surface area contributed by atoms with E-state index >= 15 is 0 Å². The molecule has 1 N–H and O–H groups in total. The van der Waals surface area contributed by atoms with E-state index in [1.165, 1.54) is 21.3 Å². The van der Waals surface area contributed by atoms with Gasteiger partial charge in [0.1, 0.15) is 5.75 Å². The van der Waals surface area contributed by atoms with E-state index in [1.807, 2.05) is 6.07 Å². The van der Waals surface area contributed by atoms with Crippen molar-refractivity contribution in [1.82, 2.24) is 0 Å². The average Bonchev–Trinajstić information content (AvgIpc) is 2.70. The summed E-state index contributed by atoms with van der Waals surface area (Å²) in [6, 6.07) is 12.0. The van der Waals surface area contributed by atoms with E-state index in [0.717, 1.165) is 0 Å². The van der Waals surface area contributed by atoms with Crippen LogP contribution in [0.25, 0.3) is 0 Å². The maximum Gasteiger partial charge on any atom is 0.344 e. The zero-order valence-electron chi connectivity index (χ0n) is 15.3. The summed E-state index contributed by atoms with van der Waals surface area (Å²) in [5.74, 6) is 0.552. The number of hydrogen-bond acceptors (Lipinski definition) is 7. The summed E-state index contributed by atoms with van der Waals surface area (Å²) in [5.41, 5.74) is 0.408. The van der Waals surface area contributed by atoms with Crippen LogP contribution in [0.2, 0.25) is 0 Å². The fraction of sp³-hybridized carbons (Fsp3) is 0.263. The molecule has 0 spiro atoms. The number of amides is 1. The Morgan fingerprint density at radius 1 is 0.889 bits per heavy atom. The summed E-state index contributed by atoms with van der Waals surface area (Å²) in [4.78, 5) is 23.7. The molecule has 0 heterocycles. The zero-order chi connectivity index (χ0) is 19.6. The van der Waals surface area contributed by atoms with Crippen LogP contribution in [0.5, 0.6) is 23.0 Å². The number of hydrogen-bond donors (Lipinski definition) is 1. The molecule has 0 aliphatic rings. The largest absolute Gasteiger partial charge is 0.493 e. The van der Waals surface area contributed by atoms with Crippen LogP contribution in [-0.4, -0.2) is 46.4 Å². The highest BCUT2D eigenvalue weighted by molar-refractivity contribution is 5.93. The third-order valence-electron chi connectivity index (χ3n) is 3.41. The fourth-order valence-corrected chi connectivity index (χ4v) is 2.20. The number of carbonyl (C=O) groups is 2. The molecule has 0 saturated heterocycles. The molecule has 0 aromatic heterocycles. The number of ether oxygens (including phenoxy) is 5. The highest BCUT2D eigenvalue weighted by atomic mass is 16.6. The summed E-state index contributed by atoms with van der Waals surface area (Å²) in [6.07, 6.45) is 0. The topological polar surface area (TPSA) is 92.3 Å². The van der Waals surface area contributed by atoms with Crippen molar-refractivity contribution in [3.05, 3.63) is 42.5 Å². The summed E-state index contributed by atoms with van der Waals surface area (Å²) < 4.78 is 25.8. The van der Waals surface area contributed by atoms with Gasteiger partial charge in [-0.05, 0) is 12.1 Å². The van der Waals surface area contributed by atoms with Crippen molar-refractivity contribution < 1.29 is 33.3 Å². The lowest BCUT2D eigenvalue weighted by Gasteiger charge is -2.14. The van der Waals surface area contributed by atoms with Crippen molar-refractivity contribution in [2.45, 2.75) is 0 Å². The predicted molar refractivity (Wildman–Crippen MR) is 97.6 cm³/mol. The summed E-state index contributed by atoms with van der Waals surface area (Å²) in [5, 5.41) is 2.60. The highest BCUT2D eigenvalue weighted by Crippen LogP contribution is 2.39. The van der Waals surface area contributed by atoms with Crippen LogP contribution in [0.1, 0.15) is 0 Å². The fourth-order valence-electron chi connectivity index (χ4n) is 2.20. The second-order valence-corrected chi connectivity index (χ2v) is 5.22. The molecule has 0 saturated carbocycles. The number of nitrogens with one attached hydrogen (secondary N) is 1. The van der Waals surface area contributed by atoms with Gasteiger partial charge in [-0.2, -0.15) is 0 Å². The number of para-hydroxylation sites is 1. The van der Waals surface area contributed by atoms with Gasteiger partial charge in [-0.15, -0.1) is 0 Å². The van der Waals surface area contributed by atoms with Gasteiger partial charge < -0.3 is 29.0 Å². The molecule has 0 aliphatic carbocycles. The van der Waals surface area contributed by atoms with Gasteiger partial charge in [0.2, 0.25) is 5.75 Å². The molecule has 0 radical (unpaired) electrons. The minimum absolute atomic E-state index is 0.290. The van der Waals surface area contributed by atoms with Crippen molar-refractivity contribution in [3.8, 4) is 23.0 Å². The molecule has 0 aliphatic heterocycles. The van der Waals surface area contributed by atoms with Gasteiger partial charge >= 0.3 is 5.97 Å². The minimum atomic E-state index is -0.654. The van der Waals surface area contributed by atoms with Gasteiger partial charge in [-0.25, -0.2) is 4.79 Å². The van der Waals surface area contributed by atoms with Crippen LogP contribution in [-0.2, 0) is 14.3 Å². The number of esters is 1. The monoisotopic (exact) mass is 375 g/mol. The van der Waals surface area contributed by atoms with E-state index in [2.05, 4.69) is 5.32 Å². The van der Waals surface area contributed by atoms with Crippen LogP contribution in [0.3, 0.4) is 0 Å². The third-order valence-corrected chi connectivity index (χ3v) is 3.41. The Hall–Kier alpha value is -3.42. The van der Waals surface area contributed by atoms with Crippen LogP contribution >= 0.6 is 0 Å². The molecule has 0 unspecified atom stereocenters. The van der Waals surface area contributed by atoms with E-state index in [9.17, 15) is 9.59 Å². The van der Waals surface area contributed by atoms with Crippen molar-refractivity contribution in [1.29, 1.82) is 0 Å². The van der Waals surface area contributed by atoms with E-state index in [4.69, 9.17) is 23.7 Å². The molecular formula is C19H21NO7. The number of carbonyl (C=O) groups excluding carboxylic acids is 2. The Kier molecular flexibility index (Phi) is 7.30. The molecule has 2 aromatic rings. The molecule has 144 valence electrons. The maximum atomic E-state index is 12.0. The first-order chi connectivity index (χ1) is 13.1. The van der Waals surface area contributed by atoms with Crippen LogP contribution in [0.4, 0.5) is 5.69 Å². The van der Waals surface area contributed by atoms with Crippen molar-refractivity contribution in [2.24, 2.45) is 0 Å². The maximum absolute atomic E-state index is 12.0. The lowest BCUT2D eigenvalue weighted by molar-refractivity contribution is -0.149. The first kappa shape index (κ1) is 19.9. The van der Waals surface area contributed by atoms with Crippen LogP contribution < -0.4 is 24.3 Å². The van der Waals surface area contributed by atoms with Gasteiger partial charge in [0, 0.05) is 17.8 Å². The van der Waals surface area contributed by atoms with Crippen LogP contribution in [0.15, 0.2) is 42.5 Å². The van der Waals surface area contributed by atoms with Crippen molar-refractivity contribution in [3.63, 3.8) is 0 Å². The average molecular weight is 375 g/mol. The van der Waals surface area contributed by atoms with E-state index < -0.39 is 18.5 Å². The standard InChI is InChI=1S/C19H21NO7/c1-23-15-9-13(10-16(24-2)19(15)25-3)20-17(21)11-27-18(22)12-26-14-7-5-4-6-8-14/h4-10H,11-12H2,1-3H3,(H,20,21). The molecule has 27 heavy (non-hydrogen) atoms. The molecule has 8 nitrogen and oxygen atoms in total. The van der Waals surface area contributed by atoms with E-state index in [1.54, 1.807) is 36.4 Å². The van der Waals surface area contributed by atoms with Crippen molar-refractivity contribution in [2.75, 3.05) is 39.9 Å². The van der Waals surface area contributed by atoms with E-state index in [0.29, 0.717) is 28.7 Å². The first-order valence-corrected chi connectivity index (χ1v) is 8.00. The Morgan fingerprint density at radius 2 is 1.52 bits per heavy atom. The molecule has 2 rings (SSSR count). The Bertz CT molecular complexity index is 752. The molecule has 0 bridgehead atoms. The Morgan fingerprint density at radius 3 is 2.07 bits per heavy atom. The zero-order valence-corrected chi connectivity index (χ0v) is 15.3. The third kappa shape index (κ3) is 5.81. The minimum Gasteiger partial charge on any atom is -0.493 e. The number of rotatable bonds is 9. The number of anilines is 1. The van der Waals surface area contributed by atoms with Gasteiger partial charge in [-0.1, -0.05) is 18.2 Å². The lowest BCUT2D eigenvalue weighted by Crippen LogP contribution is -2.23. The highest BCUT2D eigenvalue weighted by Gasteiger charge is 2.15. The predicted octanol–water partition coefficient (Wildman–Crippen LogP) is 2.27. The van der Waals surface area contributed by atoms with E-state index in [-0.39, 0.29) is 6.61 Å². The first-order valence-electron chi connectivity index (χ1n) is 8.00. The van der Waals surface area contributed by atoms with Crippen molar-refractivity contribution >= 4 is 17.6 Å². The molecule has 0 fully saturated rings. The molecule has 2 aromatic carbocycles. The normalized spacial score (nSPS) is 9.89. The number of benzene rings is 2. The van der Waals surface area contributed by atoms with Gasteiger partial charge in [0.25, 0.3) is 5.91 Å². The second kappa shape index (κ2) is 9.91. The molecule has 1 amide bonds. The molecule has 8 heteroatoms. The molecular weight excluding hydrogens is 354 g/mol. The smallest absolute Gasteiger partial charge is 0.344 e. The van der Waals surface area contributed by atoms with Gasteiger partial charge in [-0.3, -0.25) is 4.79 Å². The number of methoxy groups -OCH3 is 3. The second-order valence-electron chi connectivity index (χ2n) is 5.22. The van der Waals surface area contributed by atoms with Gasteiger partial charge in [0.15, 0.2) is 24.7 Å². The summed E-state index contributed by atoms with van der Waals surface area (Å²) in [7, 11) is 4.42. The van der Waals surface area contributed by atoms with Crippen LogP contribution in [0, 0.1) is 0 Å².